The van der Waals surface area contributed by atoms with Gasteiger partial charge in [-0.3, -0.25) is 9.59 Å². The molecule has 218 valence electrons. The number of nitrogens with one attached hydrogen (secondary N) is 2. The number of benzene rings is 2. The van der Waals surface area contributed by atoms with E-state index in [2.05, 4.69) is 24.1 Å². The average Bonchev–Trinajstić information content (AvgIpc) is 2.92. The minimum Gasteiger partial charge on any atom is -0.444 e. The van der Waals surface area contributed by atoms with Gasteiger partial charge in [0.15, 0.2) is 0 Å². The summed E-state index contributed by atoms with van der Waals surface area (Å²) in [6.07, 6.45) is 4.81. The Hall–Kier alpha value is -3.61. The second-order valence-corrected chi connectivity index (χ2v) is 11.2. The molecule has 0 bridgehead atoms. The van der Waals surface area contributed by atoms with Crippen LogP contribution in [0.5, 0.6) is 0 Å². The summed E-state index contributed by atoms with van der Waals surface area (Å²) in [5.74, 6) is -0.594. The summed E-state index contributed by atoms with van der Waals surface area (Å²) in [4.78, 5) is 42.8. The molecule has 40 heavy (non-hydrogen) atoms. The molecule has 0 radical (unpaired) electrons. The molecule has 3 unspecified atom stereocenters. The van der Waals surface area contributed by atoms with Gasteiger partial charge >= 0.3 is 6.09 Å². The van der Waals surface area contributed by atoms with Crippen molar-refractivity contribution in [3.63, 3.8) is 0 Å². The molecule has 0 aliphatic carbocycles. The van der Waals surface area contributed by atoms with Gasteiger partial charge in [0.2, 0.25) is 11.8 Å². The number of nitrogens with zero attached hydrogens (tertiary/aromatic N) is 1. The Labute approximate surface area is 240 Å². The van der Waals surface area contributed by atoms with Crippen LogP contribution in [0.25, 0.3) is 6.08 Å². The molecule has 7 nitrogen and oxygen atoms in total. The molecule has 0 saturated carbocycles. The fraction of sp³-hybridized carbons (Fsp3) is 0.485. The van der Waals surface area contributed by atoms with Gasteiger partial charge in [-0.1, -0.05) is 87.9 Å². The largest absolute Gasteiger partial charge is 0.444 e. The lowest BCUT2D eigenvalue weighted by Gasteiger charge is -2.38. The van der Waals surface area contributed by atoms with Crippen LogP contribution in [0.4, 0.5) is 4.79 Å². The normalized spacial score (nSPS) is 13.4. The van der Waals surface area contributed by atoms with E-state index >= 15 is 0 Å². The van der Waals surface area contributed by atoms with Crippen molar-refractivity contribution in [2.24, 2.45) is 0 Å². The Balaban J connectivity index is 2.56. The predicted molar refractivity (Wildman–Crippen MR) is 162 cm³/mol. The second-order valence-electron chi connectivity index (χ2n) is 11.2. The van der Waals surface area contributed by atoms with Gasteiger partial charge < -0.3 is 20.3 Å². The number of hydrogen-bond donors (Lipinski definition) is 2. The molecule has 0 spiro atoms. The SMILES string of the molecule is C=Cc1cccc(C(C(=O)NCCCCC)N(C(=O)C(Cc2ccccc2)NC(=O)OC(C)(C)C)C(C)CC)c1. The van der Waals surface area contributed by atoms with Crippen molar-refractivity contribution in [2.75, 3.05) is 6.54 Å². The van der Waals surface area contributed by atoms with Crippen LogP contribution in [0, 0.1) is 0 Å². The summed E-state index contributed by atoms with van der Waals surface area (Å²) < 4.78 is 5.51. The molecule has 0 fully saturated rings. The van der Waals surface area contributed by atoms with Gasteiger partial charge in [-0.25, -0.2) is 4.79 Å². The zero-order valence-electron chi connectivity index (χ0n) is 25.0. The quantitative estimate of drug-likeness (QED) is 0.266. The van der Waals surface area contributed by atoms with Crippen LogP contribution in [0.15, 0.2) is 61.2 Å². The summed E-state index contributed by atoms with van der Waals surface area (Å²) in [6.45, 7) is 15.7. The van der Waals surface area contributed by atoms with Crippen LogP contribution in [0.1, 0.15) is 90.0 Å². The van der Waals surface area contributed by atoms with E-state index in [1.165, 1.54) is 0 Å². The summed E-state index contributed by atoms with van der Waals surface area (Å²) in [6, 6.07) is 14.9. The van der Waals surface area contributed by atoms with Gasteiger partial charge in [-0.2, -0.15) is 0 Å². The van der Waals surface area contributed by atoms with E-state index in [1.807, 2.05) is 68.4 Å². The lowest BCUT2D eigenvalue weighted by molar-refractivity contribution is -0.145. The van der Waals surface area contributed by atoms with Crippen molar-refractivity contribution in [2.45, 2.75) is 97.4 Å². The van der Waals surface area contributed by atoms with E-state index in [0.29, 0.717) is 18.5 Å². The van der Waals surface area contributed by atoms with Crippen molar-refractivity contribution < 1.29 is 19.1 Å². The first-order chi connectivity index (χ1) is 19.0. The molecule has 0 aromatic heterocycles. The summed E-state index contributed by atoms with van der Waals surface area (Å²) in [5.41, 5.74) is 1.70. The Morgan fingerprint density at radius 3 is 2.33 bits per heavy atom. The van der Waals surface area contributed by atoms with E-state index in [-0.39, 0.29) is 24.3 Å². The van der Waals surface area contributed by atoms with Gasteiger partial charge in [-0.15, -0.1) is 0 Å². The number of amides is 3. The molecule has 0 saturated heterocycles. The highest BCUT2D eigenvalue weighted by Crippen LogP contribution is 2.28. The average molecular weight is 550 g/mol. The van der Waals surface area contributed by atoms with Crippen molar-refractivity contribution in [3.8, 4) is 0 Å². The minimum absolute atomic E-state index is 0.248. The molecular formula is C33H47N3O4. The molecular weight excluding hydrogens is 502 g/mol. The Morgan fingerprint density at radius 1 is 1.02 bits per heavy atom. The van der Waals surface area contributed by atoms with Crippen LogP contribution in [0.2, 0.25) is 0 Å². The van der Waals surface area contributed by atoms with Crippen molar-refractivity contribution in [1.29, 1.82) is 0 Å². The monoisotopic (exact) mass is 549 g/mol. The van der Waals surface area contributed by atoms with Gasteiger partial charge in [0, 0.05) is 19.0 Å². The van der Waals surface area contributed by atoms with E-state index < -0.39 is 23.8 Å². The standard InChI is InChI=1S/C33H47N3O4/c1-8-11-15-21-34-30(37)29(27-20-16-19-25(10-3)22-27)36(24(4)9-2)31(38)28(23-26-17-13-12-14-18-26)35-32(39)40-33(5,6)7/h10,12-14,16-20,22,24,28-29H,3,8-9,11,15,21,23H2,1-2,4-7H3,(H,34,37)(H,35,39). The maximum absolute atomic E-state index is 14.5. The van der Waals surface area contributed by atoms with Crippen LogP contribution in [-0.4, -0.2) is 47.0 Å². The molecule has 0 aliphatic heterocycles. The van der Waals surface area contributed by atoms with Gasteiger partial charge in [0.25, 0.3) is 0 Å². The Morgan fingerprint density at radius 2 is 1.73 bits per heavy atom. The number of unbranched alkanes of at least 4 members (excludes halogenated alkanes) is 2. The molecule has 3 amide bonds. The Kier molecular flexibility index (Phi) is 12.9. The number of alkyl carbamates (subject to hydrolysis) is 1. The van der Waals surface area contributed by atoms with E-state index in [1.54, 1.807) is 31.7 Å². The van der Waals surface area contributed by atoms with E-state index in [9.17, 15) is 14.4 Å². The van der Waals surface area contributed by atoms with Crippen LogP contribution in [-0.2, 0) is 20.7 Å². The lowest BCUT2D eigenvalue weighted by Crippen LogP contribution is -2.56. The molecule has 7 heteroatoms. The maximum atomic E-state index is 14.5. The van der Waals surface area contributed by atoms with Gasteiger partial charge in [-0.05, 0) is 63.3 Å². The van der Waals surface area contributed by atoms with Crippen molar-refractivity contribution in [1.82, 2.24) is 15.5 Å². The van der Waals surface area contributed by atoms with E-state index in [4.69, 9.17) is 4.74 Å². The van der Waals surface area contributed by atoms with Crippen molar-refractivity contribution in [3.05, 3.63) is 77.9 Å². The molecule has 3 atom stereocenters. The highest BCUT2D eigenvalue weighted by atomic mass is 16.6. The lowest BCUT2D eigenvalue weighted by atomic mass is 9.96. The van der Waals surface area contributed by atoms with Gasteiger partial charge in [0.05, 0.1) is 0 Å². The highest BCUT2D eigenvalue weighted by Gasteiger charge is 2.38. The summed E-state index contributed by atoms with van der Waals surface area (Å²) in [5, 5.41) is 5.87. The van der Waals surface area contributed by atoms with Crippen molar-refractivity contribution >= 4 is 24.0 Å². The fourth-order valence-corrected chi connectivity index (χ4v) is 4.45. The third-order valence-electron chi connectivity index (χ3n) is 6.66. The van der Waals surface area contributed by atoms with Crippen LogP contribution >= 0.6 is 0 Å². The zero-order chi connectivity index (χ0) is 29.7. The molecule has 0 aliphatic rings. The zero-order valence-corrected chi connectivity index (χ0v) is 25.0. The smallest absolute Gasteiger partial charge is 0.408 e. The first kappa shape index (κ1) is 32.6. The number of carbonyl (C=O) groups is 3. The van der Waals surface area contributed by atoms with Gasteiger partial charge in [0.1, 0.15) is 17.7 Å². The van der Waals surface area contributed by atoms with Crippen LogP contribution < -0.4 is 10.6 Å². The third kappa shape index (κ3) is 10.2. The number of rotatable bonds is 14. The second kappa shape index (κ2) is 15.8. The Bertz CT molecular complexity index is 1110. The molecule has 2 rings (SSSR count). The van der Waals surface area contributed by atoms with E-state index in [0.717, 1.165) is 30.4 Å². The predicted octanol–water partition coefficient (Wildman–Crippen LogP) is 6.44. The number of hydrogen-bond acceptors (Lipinski definition) is 4. The molecule has 2 aromatic carbocycles. The third-order valence-corrected chi connectivity index (χ3v) is 6.66. The maximum Gasteiger partial charge on any atom is 0.408 e. The van der Waals surface area contributed by atoms with Crippen LogP contribution in [0.3, 0.4) is 0 Å². The topological polar surface area (TPSA) is 87.7 Å². The summed E-state index contributed by atoms with van der Waals surface area (Å²) >= 11 is 0. The molecule has 2 N–H and O–H groups in total. The highest BCUT2D eigenvalue weighted by molar-refractivity contribution is 5.92. The molecule has 2 aromatic rings. The first-order valence-electron chi connectivity index (χ1n) is 14.4. The minimum atomic E-state index is -0.941. The molecule has 0 heterocycles. The number of carbonyl (C=O) groups excluding carboxylic acids is 3. The fourth-order valence-electron chi connectivity index (χ4n) is 4.45. The number of ether oxygens (including phenoxy) is 1. The first-order valence-corrected chi connectivity index (χ1v) is 14.4. The summed E-state index contributed by atoms with van der Waals surface area (Å²) in [7, 11) is 0.